The van der Waals surface area contributed by atoms with E-state index in [1.807, 2.05) is 0 Å². The molecule has 0 aromatic carbocycles. The molecule has 2 fully saturated rings. The molecule has 2 atom stereocenters. The first kappa shape index (κ1) is 19.8. The summed E-state index contributed by atoms with van der Waals surface area (Å²) < 4.78 is 7.58. The largest absolute Gasteiger partial charge is 0.393 e. The highest BCUT2D eigenvalue weighted by Crippen LogP contribution is 2.39. The fourth-order valence-electron chi connectivity index (χ4n) is 4.07. The molecule has 2 aliphatic rings. The molecule has 8 nitrogen and oxygen atoms in total. The van der Waals surface area contributed by atoms with Crippen LogP contribution in [-0.2, 0) is 16.1 Å². The van der Waals surface area contributed by atoms with Crippen LogP contribution in [-0.4, -0.2) is 56.4 Å². The second-order valence-electron chi connectivity index (χ2n) is 8.26. The number of nitrogens with zero attached hydrogens (tertiary/aromatic N) is 2. The van der Waals surface area contributed by atoms with Gasteiger partial charge in [0.25, 0.3) is 5.56 Å². The van der Waals surface area contributed by atoms with Gasteiger partial charge in [0, 0.05) is 31.3 Å². The number of likely N-dealkylation sites (tertiary alicyclic amines) is 1. The summed E-state index contributed by atoms with van der Waals surface area (Å²) in [6.45, 7) is 6.77. The van der Waals surface area contributed by atoms with Crippen LogP contribution >= 0.6 is 0 Å². The molecule has 27 heavy (non-hydrogen) atoms. The number of nitrogens with one attached hydrogen (secondary N) is 1. The lowest BCUT2D eigenvalue weighted by Gasteiger charge is -2.48. The molecule has 0 bridgehead atoms. The molecule has 1 aromatic heterocycles. The Balaban J connectivity index is 1.63. The molecule has 3 rings (SSSR count). The van der Waals surface area contributed by atoms with Gasteiger partial charge in [0.2, 0.25) is 5.91 Å². The zero-order valence-corrected chi connectivity index (χ0v) is 16.2. The van der Waals surface area contributed by atoms with Crippen molar-refractivity contribution in [2.75, 3.05) is 13.1 Å². The summed E-state index contributed by atoms with van der Waals surface area (Å²) in [6, 6.07) is 0. The average Bonchev–Trinajstić information content (AvgIpc) is 2.59. The van der Waals surface area contributed by atoms with Crippen LogP contribution in [0, 0.1) is 12.8 Å². The number of rotatable bonds is 3. The van der Waals surface area contributed by atoms with Gasteiger partial charge in [0.15, 0.2) is 0 Å². The summed E-state index contributed by atoms with van der Waals surface area (Å²) in [4.78, 5) is 39.9. The molecule has 0 unspecified atom stereocenters. The Morgan fingerprint density at radius 3 is 2.67 bits per heavy atom. The number of H-pyrrole nitrogens is 1. The van der Waals surface area contributed by atoms with Gasteiger partial charge in [-0.05, 0) is 32.1 Å². The quantitative estimate of drug-likeness (QED) is 0.791. The van der Waals surface area contributed by atoms with Gasteiger partial charge in [0.05, 0.1) is 17.8 Å². The van der Waals surface area contributed by atoms with Crippen LogP contribution in [0.3, 0.4) is 0 Å². The molecule has 150 valence electrons. The van der Waals surface area contributed by atoms with Crippen LogP contribution in [0.2, 0.25) is 0 Å². The van der Waals surface area contributed by atoms with Gasteiger partial charge in [-0.3, -0.25) is 19.1 Å². The van der Waals surface area contributed by atoms with E-state index >= 15 is 0 Å². The Hall–Kier alpha value is -1.93. The predicted molar refractivity (Wildman–Crippen MR) is 99.6 cm³/mol. The van der Waals surface area contributed by atoms with Crippen LogP contribution in [0.15, 0.2) is 15.8 Å². The monoisotopic (exact) mass is 379 g/mol. The van der Waals surface area contributed by atoms with E-state index in [0.717, 1.165) is 0 Å². The van der Waals surface area contributed by atoms with Crippen LogP contribution in [0.1, 0.15) is 45.1 Å². The molecule has 0 aliphatic carbocycles. The molecule has 8 heteroatoms. The number of piperidine rings is 1. The summed E-state index contributed by atoms with van der Waals surface area (Å²) in [5, 5.41) is 10.3. The second kappa shape index (κ2) is 7.59. The van der Waals surface area contributed by atoms with Crippen molar-refractivity contribution in [1.29, 1.82) is 0 Å². The third-order valence-electron chi connectivity index (χ3n) is 5.78. The predicted octanol–water partition coefficient (Wildman–Crippen LogP) is 0.402. The minimum absolute atomic E-state index is 0.0405. The topological polar surface area (TPSA) is 105 Å². The van der Waals surface area contributed by atoms with Crippen molar-refractivity contribution in [3.8, 4) is 0 Å². The Morgan fingerprint density at radius 1 is 1.37 bits per heavy atom. The maximum absolute atomic E-state index is 12.6. The molecule has 2 aliphatic heterocycles. The second-order valence-corrected chi connectivity index (χ2v) is 8.26. The Labute approximate surface area is 158 Å². The van der Waals surface area contributed by atoms with Crippen molar-refractivity contribution in [1.82, 2.24) is 14.5 Å². The summed E-state index contributed by atoms with van der Waals surface area (Å²) in [6.07, 6.45) is 3.72. The molecule has 1 amide bonds. The fraction of sp³-hybridized carbons (Fsp3) is 0.737. The summed E-state index contributed by atoms with van der Waals surface area (Å²) in [5.74, 6) is 0.182. The maximum atomic E-state index is 12.6. The number of carbonyl (C=O) groups is 1. The first-order valence-corrected chi connectivity index (χ1v) is 9.63. The maximum Gasteiger partial charge on any atom is 0.328 e. The Kier molecular flexibility index (Phi) is 5.58. The van der Waals surface area contributed by atoms with E-state index in [1.54, 1.807) is 11.8 Å². The lowest BCUT2D eigenvalue weighted by Crippen LogP contribution is -2.55. The zero-order valence-electron chi connectivity index (χ0n) is 16.2. The fourth-order valence-corrected chi connectivity index (χ4v) is 4.07. The number of hydrogen-bond acceptors (Lipinski definition) is 5. The van der Waals surface area contributed by atoms with Crippen LogP contribution < -0.4 is 11.2 Å². The zero-order chi connectivity index (χ0) is 19.8. The Morgan fingerprint density at radius 2 is 2.04 bits per heavy atom. The number of hydrogen-bond donors (Lipinski definition) is 2. The highest BCUT2D eigenvalue weighted by Gasteiger charge is 2.44. The number of ether oxygens (including phenoxy) is 1. The van der Waals surface area contributed by atoms with Crippen molar-refractivity contribution in [3.63, 3.8) is 0 Å². The number of amides is 1. The lowest BCUT2D eigenvalue weighted by molar-refractivity contribution is -0.193. The average molecular weight is 379 g/mol. The van der Waals surface area contributed by atoms with Crippen molar-refractivity contribution < 1.29 is 14.6 Å². The minimum Gasteiger partial charge on any atom is -0.393 e. The van der Waals surface area contributed by atoms with Crippen LogP contribution in [0.25, 0.3) is 0 Å². The van der Waals surface area contributed by atoms with Crippen molar-refractivity contribution in [2.45, 2.75) is 70.8 Å². The number of aromatic amines is 1. The molecule has 1 spiro atoms. The van der Waals surface area contributed by atoms with E-state index in [4.69, 9.17) is 4.74 Å². The van der Waals surface area contributed by atoms with Gasteiger partial charge in [0.1, 0.15) is 6.54 Å². The minimum atomic E-state index is -0.578. The van der Waals surface area contributed by atoms with E-state index < -0.39 is 11.2 Å². The van der Waals surface area contributed by atoms with E-state index in [1.165, 1.54) is 10.8 Å². The highest BCUT2D eigenvalue weighted by atomic mass is 16.5. The van der Waals surface area contributed by atoms with Gasteiger partial charge in [-0.25, -0.2) is 4.79 Å². The number of aliphatic hydroxyl groups excluding tert-OH is 1. The highest BCUT2D eigenvalue weighted by molar-refractivity contribution is 5.76. The van der Waals surface area contributed by atoms with E-state index in [9.17, 15) is 19.5 Å². The first-order valence-electron chi connectivity index (χ1n) is 9.63. The van der Waals surface area contributed by atoms with E-state index in [2.05, 4.69) is 18.8 Å². The summed E-state index contributed by atoms with van der Waals surface area (Å²) in [7, 11) is 0. The molecular weight excluding hydrogens is 350 g/mol. The summed E-state index contributed by atoms with van der Waals surface area (Å²) >= 11 is 0. The number of carbonyl (C=O) groups excluding carboxylic acids is 1. The third kappa shape index (κ3) is 4.32. The molecule has 2 saturated heterocycles. The number of aryl methyl sites for hydroxylation is 1. The SMILES string of the molecule is Cc1cn(CC(=O)N2CCC3(CC2)C[C@H](O)C[C@H](C(C)C)O3)c(=O)[nH]c1=O. The van der Waals surface area contributed by atoms with E-state index in [-0.39, 0.29) is 30.3 Å². The molecule has 3 heterocycles. The first-order chi connectivity index (χ1) is 12.7. The van der Waals surface area contributed by atoms with Crippen LogP contribution in [0.5, 0.6) is 0 Å². The summed E-state index contributed by atoms with van der Waals surface area (Å²) in [5.41, 5.74) is -0.985. The standard InChI is InChI=1S/C19H29N3O5/c1-12(2)15-8-14(23)9-19(27-15)4-6-21(7-5-19)16(24)11-22-10-13(3)17(25)20-18(22)26/h10,12,14-15,23H,4-9,11H2,1-3H3,(H,20,25,26)/t14-,15-/m1/s1. The van der Waals surface area contributed by atoms with Gasteiger partial charge in [-0.1, -0.05) is 13.8 Å². The lowest BCUT2D eigenvalue weighted by atomic mass is 9.80. The van der Waals surface area contributed by atoms with Gasteiger partial charge >= 0.3 is 5.69 Å². The third-order valence-corrected chi connectivity index (χ3v) is 5.78. The van der Waals surface area contributed by atoms with Gasteiger partial charge in [-0.15, -0.1) is 0 Å². The van der Waals surface area contributed by atoms with Crippen molar-refractivity contribution >= 4 is 5.91 Å². The van der Waals surface area contributed by atoms with Crippen LogP contribution in [0.4, 0.5) is 0 Å². The van der Waals surface area contributed by atoms with Gasteiger partial charge in [-0.2, -0.15) is 0 Å². The molecule has 0 radical (unpaired) electrons. The number of aromatic nitrogens is 2. The molecule has 1 aromatic rings. The molecule has 0 saturated carbocycles. The van der Waals surface area contributed by atoms with E-state index in [0.29, 0.717) is 50.3 Å². The normalized spacial score (nSPS) is 25.1. The smallest absolute Gasteiger partial charge is 0.328 e. The molecular formula is C19H29N3O5. The Bertz CT molecular complexity index is 804. The van der Waals surface area contributed by atoms with Crippen molar-refractivity contribution in [3.05, 3.63) is 32.6 Å². The number of aliphatic hydroxyl groups is 1. The molecule has 2 N–H and O–H groups in total. The van der Waals surface area contributed by atoms with Gasteiger partial charge < -0.3 is 14.7 Å². The van der Waals surface area contributed by atoms with Crippen molar-refractivity contribution in [2.24, 2.45) is 5.92 Å².